The molecule has 1 aromatic heterocycles. The van der Waals surface area contributed by atoms with Crippen molar-refractivity contribution in [3.05, 3.63) is 41.4 Å². The van der Waals surface area contributed by atoms with Gasteiger partial charge in [0.25, 0.3) is 0 Å². The van der Waals surface area contributed by atoms with E-state index in [9.17, 15) is 12.8 Å². The van der Waals surface area contributed by atoms with Crippen molar-refractivity contribution < 1.29 is 12.8 Å². The lowest BCUT2D eigenvalue weighted by molar-refractivity contribution is 0.250. The van der Waals surface area contributed by atoms with E-state index in [1.54, 1.807) is 17.1 Å². The van der Waals surface area contributed by atoms with Gasteiger partial charge in [0.1, 0.15) is 10.7 Å². The lowest BCUT2D eigenvalue weighted by Crippen LogP contribution is -2.41. The van der Waals surface area contributed by atoms with Crippen molar-refractivity contribution in [3.8, 4) is 0 Å². The highest BCUT2D eigenvalue weighted by Crippen LogP contribution is 2.28. The number of hydrogen-bond acceptors (Lipinski definition) is 4. The number of sulfonamides is 1. The third-order valence-electron chi connectivity index (χ3n) is 3.69. The molecule has 0 saturated carbocycles. The molecule has 1 aliphatic rings. The third-order valence-corrected chi connectivity index (χ3v) is 5.80. The van der Waals surface area contributed by atoms with E-state index in [-0.39, 0.29) is 22.5 Å². The smallest absolute Gasteiger partial charge is 0.246 e. The number of piperidine rings is 1. The quantitative estimate of drug-likeness (QED) is 0.855. The van der Waals surface area contributed by atoms with Crippen LogP contribution in [0.3, 0.4) is 0 Å². The summed E-state index contributed by atoms with van der Waals surface area (Å²) in [6.45, 7) is 0.580. The molecule has 0 radical (unpaired) electrons. The molecule has 22 heavy (non-hydrogen) atoms. The lowest BCUT2D eigenvalue weighted by atomic mass is 10.1. The summed E-state index contributed by atoms with van der Waals surface area (Å²) in [5.74, 6) is -0.799. The molecular formula is C13H14ClFN4O2S. The van der Waals surface area contributed by atoms with Gasteiger partial charge in [-0.3, -0.25) is 0 Å². The van der Waals surface area contributed by atoms with Gasteiger partial charge < -0.3 is 0 Å². The van der Waals surface area contributed by atoms with Crippen molar-refractivity contribution in [1.82, 2.24) is 19.3 Å². The zero-order chi connectivity index (χ0) is 15.7. The Morgan fingerprint density at radius 3 is 2.91 bits per heavy atom. The fraction of sp³-hybridized carbons (Fsp3) is 0.385. The molecule has 0 N–H and O–H groups in total. The van der Waals surface area contributed by atoms with E-state index in [0.29, 0.717) is 13.0 Å². The van der Waals surface area contributed by atoms with Crippen LogP contribution in [0.25, 0.3) is 0 Å². The zero-order valence-corrected chi connectivity index (χ0v) is 13.1. The van der Waals surface area contributed by atoms with Crippen LogP contribution in [-0.2, 0) is 10.0 Å². The van der Waals surface area contributed by atoms with Crippen LogP contribution >= 0.6 is 11.6 Å². The van der Waals surface area contributed by atoms with Crippen LogP contribution in [0.4, 0.5) is 4.39 Å². The van der Waals surface area contributed by atoms with Crippen molar-refractivity contribution in [1.29, 1.82) is 0 Å². The predicted molar refractivity (Wildman–Crippen MR) is 78.5 cm³/mol. The van der Waals surface area contributed by atoms with Crippen molar-refractivity contribution >= 4 is 21.6 Å². The normalized spacial score (nSPS) is 20.2. The summed E-state index contributed by atoms with van der Waals surface area (Å²) >= 11 is 5.80. The minimum absolute atomic E-state index is 0.103. The van der Waals surface area contributed by atoms with E-state index >= 15 is 0 Å². The van der Waals surface area contributed by atoms with Crippen molar-refractivity contribution in [3.63, 3.8) is 0 Å². The molecule has 1 saturated heterocycles. The Bertz CT molecular complexity index is 766. The second kappa shape index (κ2) is 5.94. The Morgan fingerprint density at radius 2 is 2.18 bits per heavy atom. The van der Waals surface area contributed by atoms with Crippen LogP contribution in [0.1, 0.15) is 18.9 Å². The van der Waals surface area contributed by atoms with Crippen molar-refractivity contribution in [2.45, 2.75) is 23.8 Å². The third kappa shape index (κ3) is 2.86. The zero-order valence-electron chi connectivity index (χ0n) is 11.6. The maximum atomic E-state index is 13.9. The first-order chi connectivity index (χ1) is 10.5. The number of benzene rings is 1. The number of rotatable bonds is 3. The monoisotopic (exact) mass is 344 g/mol. The maximum Gasteiger partial charge on any atom is 0.246 e. The van der Waals surface area contributed by atoms with E-state index in [0.717, 1.165) is 18.6 Å². The molecule has 0 amide bonds. The van der Waals surface area contributed by atoms with Gasteiger partial charge in [-0.1, -0.05) is 16.8 Å². The molecule has 0 unspecified atom stereocenters. The van der Waals surface area contributed by atoms with Gasteiger partial charge >= 0.3 is 0 Å². The Hall–Kier alpha value is -1.51. The fourth-order valence-corrected chi connectivity index (χ4v) is 4.42. The van der Waals surface area contributed by atoms with Gasteiger partial charge in [-0.15, -0.1) is 5.10 Å². The first kappa shape index (κ1) is 15.4. The van der Waals surface area contributed by atoms with E-state index in [1.165, 1.54) is 10.4 Å². The van der Waals surface area contributed by atoms with Crippen molar-refractivity contribution in [2.75, 3.05) is 13.1 Å². The molecule has 118 valence electrons. The second-order valence-electron chi connectivity index (χ2n) is 5.12. The lowest BCUT2D eigenvalue weighted by Gasteiger charge is -2.31. The first-order valence-electron chi connectivity index (χ1n) is 6.79. The fourth-order valence-electron chi connectivity index (χ4n) is 2.58. The molecule has 2 heterocycles. The summed E-state index contributed by atoms with van der Waals surface area (Å²) in [6.07, 6.45) is 4.71. The number of hydrogen-bond donors (Lipinski definition) is 0. The molecule has 6 nitrogen and oxygen atoms in total. The first-order valence-corrected chi connectivity index (χ1v) is 8.61. The molecular weight excluding hydrogens is 331 g/mol. The highest BCUT2D eigenvalue weighted by atomic mass is 35.5. The van der Waals surface area contributed by atoms with Gasteiger partial charge in [0.2, 0.25) is 10.0 Å². The van der Waals surface area contributed by atoms with Gasteiger partial charge in [0.15, 0.2) is 0 Å². The maximum absolute atomic E-state index is 13.9. The highest BCUT2D eigenvalue weighted by Gasteiger charge is 2.33. The Balaban J connectivity index is 1.90. The Kier molecular flexibility index (Phi) is 4.16. The standard InChI is InChI=1S/C13H14ClFN4O2S/c14-10-3-4-12(15)13(8-10)22(20,21)18-6-1-2-11(9-18)19-7-5-16-17-19/h3-5,7-8,11H,1-2,6,9H2/t11-/m0/s1. The SMILES string of the molecule is O=S(=O)(c1cc(Cl)ccc1F)N1CCC[C@H](n2ccnn2)C1. The molecule has 1 aliphatic heterocycles. The topological polar surface area (TPSA) is 68.1 Å². The van der Waals surface area contributed by atoms with Crippen LogP contribution in [0.2, 0.25) is 5.02 Å². The summed E-state index contributed by atoms with van der Waals surface area (Å²) in [5, 5.41) is 7.83. The van der Waals surface area contributed by atoms with Gasteiger partial charge in [-0.05, 0) is 31.0 Å². The average Bonchev–Trinajstić information content (AvgIpc) is 3.04. The van der Waals surface area contributed by atoms with Crippen LogP contribution in [0.5, 0.6) is 0 Å². The molecule has 0 aliphatic carbocycles. The molecule has 1 fully saturated rings. The van der Waals surface area contributed by atoms with Gasteiger partial charge in [-0.2, -0.15) is 4.31 Å². The predicted octanol–water partition coefficient (Wildman–Crippen LogP) is 2.10. The van der Waals surface area contributed by atoms with Gasteiger partial charge in [0, 0.05) is 24.3 Å². The molecule has 1 atom stereocenters. The largest absolute Gasteiger partial charge is 0.248 e. The number of aromatic nitrogens is 3. The second-order valence-corrected chi connectivity index (χ2v) is 7.46. The summed E-state index contributed by atoms with van der Waals surface area (Å²) in [5.41, 5.74) is 0. The minimum atomic E-state index is -3.93. The highest BCUT2D eigenvalue weighted by molar-refractivity contribution is 7.89. The summed E-state index contributed by atoms with van der Waals surface area (Å²) in [7, 11) is -3.93. The minimum Gasteiger partial charge on any atom is -0.248 e. The van der Waals surface area contributed by atoms with E-state index in [4.69, 9.17) is 11.6 Å². The van der Waals surface area contributed by atoms with Gasteiger partial charge in [-0.25, -0.2) is 17.5 Å². The van der Waals surface area contributed by atoms with E-state index in [1.807, 2.05) is 0 Å². The summed E-state index contributed by atoms with van der Waals surface area (Å²) < 4.78 is 42.1. The molecule has 3 rings (SSSR count). The van der Waals surface area contributed by atoms with E-state index < -0.39 is 15.8 Å². The average molecular weight is 345 g/mol. The van der Waals surface area contributed by atoms with Crippen LogP contribution < -0.4 is 0 Å². The van der Waals surface area contributed by atoms with Crippen LogP contribution in [0, 0.1) is 5.82 Å². The summed E-state index contributed by atoms with van der Waals surface area (Å²) in [6, 6.07) is 3.43. The molecule has 2 aromatic rings. The van der Waals surface area contributed by atoms with Crippen LogP contribution in [0.15, 0.2) is 35.5 Å². The van der Waals surface area contributed by atoms with E-state index in [2.05, 4.69) is 10.3 Å². The van der Waals surface area contributed by atoms with Crippen molar-refractivity contribution in [2.24, 2.45) is 0 Å². The summed E-state index contributed by atoms with van der Waals surface area (Å²) in [4.78, 5) is -0.390. The number of nitrogens with zero attached hydrogens (tertiary/aromatic N) is 4. The van der Waals surface area contributed by atoms with Crippen LogP contribution in [-0.4, -0.2) is 40.8 Å². The number of halogens is 2. The van der Waals surface area contributed by atoms with Gasteiger partial charge in [0.05, 0.1) is 12.2 Å². The molecule has 9 heteroatoms. The Morgan fingerprint density at radius 1 is 1.36 bits per heavy atom. The molecule has 0 bridgehead atoms. The molecule has 0 spiro atoms. The Labute approximate surface area is 132 Å². The molecule has 1 aromatic carbocycles.